The molecular formula is C11H21NO2. The predicted molar refractivity (Wildman–Crippen MR) is 58.1 cm³/mol. The number of nitrogens with one attached hydrogen (secondary N) is 1. The molecule has 3 nitrogen and oxygen atoms in total. The molecule has 0 aromatic heterocycles. The van der Waals surface area contributed by atoms with Crippen molar-refractivity contribution >= 4 is 5.91 Å². The van der Waals surface area contributed by atoms with Crippen LogP contribution in [0, 0.1) is 0 Å². The molecule has 0 saturated carbocycles. The quantitative estimate of drug-likeness (QED) is 0.479. The molecule has 3 heteroatoms. The summed E-state index contributed by atoms with van der Waals surface area (Å²) >= 11 is 0. The lowest BCUT2D eigenvalue weighted by Crippen LogP contribution is -2.30. The molecule has 0 aromatic rings. The minimum atomic E-state index is -0.144. The van der Waals surface area contributed by atoms with Gasteiger partial charge in [0.2, 0.25) is 5.91 Å². The molecule has 1 unspecified atom stereocenters. The number of ether oxygens (including phenoxy) is 1. The van der Waals surface area contributed by atoms with E-state index in [2.05, 4.69) is 18.8 Å². The van der Waals surface area contributed by atoms with Crippen LogP contribution in [0.25, 0.3) is 0 Å². The number of amides is 1. The largest absolute Gasteiger partial charge is 0.377 e. The highest BCUT2D eigenvalue weighted by Crippen LogP contribution is 1.97. The maximum absolute atomic E-state index is 10.8. The highest BCUT2D eigenvalue weighted by molar-refractivity contribution is 5.86. The summed E-state index contributed by atoms with van der Waals surface area (Å²) in [4.78, 5) is 10.8. The Hall–Kier alpha value is -0.830. The van der Waals surface area contributed by atoms with E-state index in [0.717, 1.165) is 13.0 Å². The average Bonchev–Trinajstić information content (AvgIpc) is 2.21. The molecule has 1 atom stereocenters. The number of rotatable bonds is 8. The molecule has 0 fully saturated rings. The molecule has 0 bridgehead atoms. The molecule has 82 valence electrons. The van der Waals surface area contributed by atoms with Crippen molar-refractivity contribution in [2.24, 2.45) is 0 Å². The Kier molecular flexibility index (Phi) is 8.24. The van der Waals surface area contributed by atoms with Gasteiger partial charge in [0.15, 0.2) is 0 Å². The van der Waals surface area contributed by atoms with Crippen LogP contribution in [0.4, 0.5) is 0 Å². The summed E-state index contributed by atoms with van der Waals surface area (Å²) < 4.78 is 5.49. The van der Waals surface area contributed by atoms with Crippen LogP contribution in [0.15, 0.2) is 12.7 Å². The molecule has 0 aliphatic carbocycles. The van der Waals surface area contributed by atoms with E-state index in [-0.39, 0.29) is 12.0 Å². The Morgan fingerprint density at radius 2 is 2.29 bits per heavy atom. The fourth-order valence-corrected chi connectivity index (χ4v) is 1.01. The van der Waals surface area contributed by atoms with E-state index in [1.807, 2.05) is 6.92 Å². The van der Waals surface area contributed by atoms with E-state index in [9.17, 15) is 4.79 Å². The van der Waals surface area contributed by atoms with Gasteiger partial charge in [0.25, 0.3) is 0 Å². The first-order valence-electron chi connectivity index (χ1n) is 5.22. The van der Waals surface area contributed by atoms with Gasteiger partial charge in [-0.25, -0.2) is 0 Å². The normalized spacial score (nSPS) is 12.1. The molecule has 0 heterocycles. The van der Waals surface area contributed by atoms with Crippen LogP contribution in [0.3, 0.4) is 0 Å². The number of hydrogen-bond donors (Lipinski definition) is 1. The Balaban J connectivity index is 3.31. The summed E-state index contributed by atoms with van der Waals surface area (Å²) in [5, 5.41) is 2.69. The first-order valence-corrected chi connectivity index (χ1v) is 5.22. The molecular weight excluding hydrogens is 178 g/mol. The van der Waals surface area contributed by atoms with Gasteiger partial charge in [-0.3, -0.25) is 4.79 Å². The second kappa shape index (κ2) is 8.75. The Labute approximate surface area is 86.5 Å². The molecule has 0 radical (unpaired) electrons. The fraction of sp³-hybridized carbons (Fsp3) is 0.727. The van der Waals surface area contributed by atoms with Crippen molar-refractivity contribution in [3.63, 3.8) is 0 Å². The second-order valence-corrected chi connectivity index (χ2v) is 3.34. The van der Waals surface area contributed by atoms with E-state index >= 15 is 0 Å². The van der Waals surface area contributed by atoms with Crippen molar-refractivity contribution in [2.45, 2.75) is 39.2 Å². The summed E-state index contributed by atoms with van der Waals surface area (Å²) in [6.07, 6.45) is 4.84. The average molecular weight is 199 g/mol. The molecule has 0 aliphatic rings. The van der Waals surface area contributed by atoms with Crippen molar-refractivity contribution in [1.82, 2.24) is 5.32 Å². The van der Waals surface area contributed by atoms with E-state index in [1.165, 1.54) is 18.9 Å². The van der Waals surface area contributed by atoms with Crippen LogP contribution in [0.1, 0.15) is 33.1 Å². The lowest BCUT2D eigenvalue weighted by atomic mass is 10.3. The zero-order valence-corrected chi connectivity index (χ0v) is 9.21. The molecule has 0 rings (SSSR count). The molecule has 0 aliphatic heterocycles. The molecule has 0 aromatic carbocycles. The highest BCUT2D eigenvalue weighted by Gasteiger charge is 2.02. The van der Waals surface area contributed by atoms with Gasteiger partial charge in [0.05, 0.1) is 6.10 Å². The van der Waals surface area contributed by atoms with E-state index in [4.69, 9.17) is 4.74 Å². The van der Waals surface area contributed by atoms with Gasteiger partial charge in [-0.2, -0.15) is 0 Å². The van der Waals surface area contributed by atoms with Gasteiger partial charge in [-0.05, 0) is 19.4 Å². The fourth-order valence-electron chi connectivity index (χ4n) is 1.01. The van der Waals surface area contributed by atoms with Gasteiger partial charge in [-0.15, -0.1) is 0 Å². The first kappa shape index (κ1) is 13.2. The molecule has 14 heavy (non-hydrogen) atoms. The Morgan fingerprint density at radius 3 is 2.86 bits per heavy atom. The van der Waals surface area contributed by atoms with Crippen LogP contribution in [-0.2, 0) is 9.53 Å². The molecule has 0 saturated heterocycles. The third kappa shape index (κ3) is 7.80. The maximum Gasteiger partial charge on any atom is 0.243 e. The van der Waals surface area contributed by atoms with Gasteiger partial charge in [0, 0.05) is 13.2 Å². The van der Waals surface area contributed by atoms with Crippen LogP contribution in [-0.4, -0.2) is 25.2 Å². The summed E-state index contributed by atoms with van der Waals surface area (Å²) in [5.41, 5.74) is 0. The number of carbonyl (C=O) groups is 1. The maximum atomic E-state index is 10.8. The van der Waals surface area contributed by atoms with Crippen LogP contribution in [0.5, 0.6) is 0 Å². The Morgan fingerprint density at radius 1 is 1.57 bits per heavy atom. The van der Waals surface area contributed by atoms with Crippen molar-refractivity contribution in [2.75, 3.05) is 13.2 Å². The third-order valence-corrected chi connectivity index (χ3v) is 1.90. The Bertz CT molecular complexity index is 169. The smallest absolute Gasteiger partial charge is 0.243 e. The lowest BCUT2D eigenvalue weighted by Gasteiger charge is -2.12. The van der Waals surface area contributed by atoms with Crippen LogP contribution in [0.2, 0.25) is 0 Å². The van der Waals surface area contributed by atoms with Gasteiger partial charge in [-0.1, -0.05) is 26.3 Å². The van der Waals surface area contributed by atoms with Crippen molar-refractivity contribution < 1.29 is 9.53 Å². The third-order valence-electron chi connectivity index (χ3n) is 1.90. The van der Waals surface area contributed by atoms with Crippen molar-refractivity contribution in [1.29, 1.82) is 0 Å². The zero-order chi connectivity index (χ0) is 10.8. The van der Waals surface area contributed by atoms with E-state index in [1.54, 1.807) is 0 Å². The monoisotopic (exact) mass is 199 g/mol. The van der Waals surface area contributed by atoms with Crippen LogP contribution < -0.4 is 5.32 Å². The minimum Gasteiger partial charge on any atom is -0.377 e. The standard InChI is InChI=1S/C11H21NO2/c1-4-6-7-8-14-10(3)9-12-11(13)5-2/h5,10H,2,4,6-9H2,1,3H3,(H,12,13). The van der Waals surface area contributed by atoms with Gasteiger partial charge >= 0.3 is 0 Å². The molecule has 1 N–H and O–H groups in total. The van der Waals surface area contributed by atoms with E-state index in [0.29, 0.717) is 6.54 Å². The van der Waals surface area contributed by atoms with Gasteiger partial charge in [0.1, 0.15) is 0 Å². The number of unbranched alkanes of at least 4 members (excludes halogenated alkanes) is 2. The first-order chi connectivity index (χ1) is 6.70. The minimum absolute atomic E-state index is 0.0794. The second-order valence-electron chi connectivity index (χ2n) is 3.34. The van der Waals surface area contributed by atoms with Crippen LogP contribution >= 0.6 is 0 Å². The summed E-state index contributed by atoms with van der Waals surface area (Å²) in [6.45, 7) is 8.82. The SMILES string of the molecule is C=CC(=O)NCC(C)OCCCCC. The molecule has 0 spiro atoms. The summed E-state index contributed by atoms with van der Waals surface area (Å²) in [7, 11) is 0. The highest BCUT2D eigenvalue weighted by atomic mass is 16.5. The van der Waals surface area contributed by atoms with Crippen molar-refractivity contribution in [3.05, 3.63) is 12.7 Å². The van der Waals surface area contributed by atoms with Gasteiger partial charge < -0.3 is 10.1 Å². The summed E-state index contributed by atoms with van der Waals surface area (Å²) in [6, 6.07) is 0. The number of hydrogen-bond acceptors (Lipinski definition) is 2. The zero-order valence-electron chi connectivity index (χ0n) is 9.21. The number of carbonyl (C=O) groups excluding carboxylic acids is 1. The lowest BCUT2D eigenvalue weighted by molar-refractivity contribution is -0.117. The van der Waals surface area contributed by atoms with Crippen molar-refractivity contribution in [3.8, 4) is 0 Å². The van der Waals surface area contributed by atoms with E-state index < -0.39 is 0 Å². The molecule has 1 amide bonds. The summed E-state index contributed by atoms with van der Waals surface area (Å²) in [5.74, 6) is -0.144. The topological polar surface area (TPSA) is 38.3 Å². The predicted octanol–water partition coefficient (Wildman–Crippen LogP) is 1.88.